The second kappa shape index (κ2) is 8.06. The van der Waals surface area contributed by atoms with E-state index in [0.717, 1.165) is 12.1 Å². The van der Waals surface area contributed by atoms with Crippen molar-refractivity contribution in [2.75, 3.05) is 33.3 Å². The van der Waals surface area contributed by atoms with Crippen LogP contribution in [0.3, 0.4) is 0 Å². The molecule has 0 spiro atoms. The zero-order valence-corrected chi connectivity index (χ0v) is 17.1. The van der Waals surface area contributed by atoms with Crippen LogP contribution >= 0.6 is 0 Å². The molecule has 10 nitrogen and oxygen atoms in total. The number of rotatable bonds is 6. The highest BCUT2D eigenvalue weighted by molar-refractivity contribution is 7.89. The van der Waals surface area contributed by atoms with Crippen molar-refractivity contribution in [2.24, 2.45) is 0 Å². The number of nitro benzene ring substituents is 1. The van der Waals surface area contributed by atoms with Crippen LogP contribution in [0.5, 0.6) is 5.75 Å². The Labute approximate surface area is 168 Å². The van der Waals surface area contributed by atoms with Gasteiger partial charge >= 0.3 is 0 Å². The molecule has 1 heterocycles. The van der Waals surface area contributed by atoms with E-state index in [1.165, 1.54) is 40.0 Å². The molecule has 1 aliphatic rings. The molecule has 1 fully saturated rings. The van der Waals surface area contributed by atoms with Crippen LogP contribution in [-0.4, -0.2) is 63.7 Å². The van der Waals surface area contributed by atoms with Gasteiger partial charge in [0.25, 0.3) is 5.69 Å². The first kappa shape index (κ1) is 21.2. The summed E-state index contributed by atoms with van der Waals surface area (Å²) in [5.74, 6) is 0.531. The Balaban J connectivity index is 1.72. The summed E-state index contributed by atoms with van der Waals surface area (Å²) in [4.78, 5) is 10.1. The number of hydrogen-bond acceptors (Lipinski definition) is 7. The van der Waals surface area contributed by atoms with Gasteiger partial charge < -0.3 is 4.74 Å². The van der Waals surface area contributed by atoms with Crippen LogP contribution in [0.1, 0.15) is 0 Å². The molecule has 29 heavy (non-hydrogen) atoms. The maximum absolute atomic E-state index is 12.8. The lowest BCUT2D eigenvalue weighted by molar-refractivity contribution is -0.384. The molecular formula is C17H19N3O7S2. The van der Waals surface area contributed by atoms with Gasteiger partial charge in [0.2, 0.25) is 20.0 Å². The number of non-ortho nitro benzene ring substituents is 1. The third kappa shape index (κ3) is 4.24. The van der Waals surface area contributed by atoms with Crippen molar-refractivity contribution < 1.29 is 26.5 Å². The van der Waals surface area contributed by atoms with Crippen molar-refractivity contribution in [1.29, 1.82) is 0 Å². The summed E-state index contributed by atoms with van der Waals surface area (Å²) >= 11 is 0. The highest BCUT2D eigenvalue weighted by Gasteiger charge is 2.33. The minimum Gasteiger partial charge on any atom is -0.497 e. The summed E-state index contributed by atoms with van der Waals surface area (Å²) in [5.41, 5.74) is -0.209. The van der Waals surface area contributed by atoms with Crippen LogP contribution < -0.4 is 4.74 Å². The monoisotopic (exact) mass is 441 g/mol. The quantitative estimate of drug-likeness (QED) is 0.488. The Bertz CT molecular complexity index is 1090. The van der Waals surface area contributed by atoms with Crippen LogP contribution in [-0.2, 0) is 20.0 Å². The fourth-order valence-corrected chi connectivity index (χ4v) is 5.78. The topological polar surface area (TPSA) is 127 Å². The van der Waals surface area contributed by atoms with E-state index < -0.39 is 25.0 Å². The number of methoxy groups -OCH3 is 1. The van der Waals surface area contributed by atoms with Gasteiger partial charge in [-0.15, -0.1) is 0 Å². The molecule has 12 heteroatoms. The van der Waals surface area contributed by atoms with E-state index in [2.05, 4.69) is 0 Å². The van der Waals surface area contributed by atoms with Gasteiger partial charge in [-0.2, -0.15) is 8.61 Å². The molecule has 0 unspecified atom stereocenters. The molecule has 0 atom stereocenters. The van der Waals surface area contributed by atoms with Crippen LogP contribution in [0.25, 0.3) is 0 Å². The summed E-state index contributed by atoms with van der Waals surface area (Å²) in [6, 6.07) is 10.6. The smallest absolute Gasteiger partial charge is 0.269 e. The van der Waals surface area contributed by atoms with E-state index in [-0.39, 0.29) is 41.7 Å². The SMILES string of the molecule is COc1ccc(S(=O)(=O)N2CCN(S(=O)(=O)c3ccc([N+](=O)[O-])cc3)CC2)cc1. The van der Waals surface area contributed by atoms with Crippen molar-refractivity contribution >= 4 is 25.7 Å². The summed E-state index contributed by atoms with van der Waals surface area (Å²) < 4.78 is 58.4. The maximum Gasteiger partial charge on any atom is 0.269 e. The highest BCUT2D eigenvalue weighted by atomic mass is 32.2. The van der Waals surface area contributed by atoms with Crippen LogP contribution in [0.4, 0.5) is 5.69 Å². The molecule has 1 saturated heterocycles. The van der Waals surface area contributed by atoms with E-state index >= 15 is 0 Å². The highest BCUT2D eigenvalue weighted by Crippen LogP contribution is 2.24. The van der Waals surface area contributed by atoms with E-state index in [0.29, 0.717) is 5.75 Å². The fraction of sp³-hybridized carbons (Fsp3) is 0.294. The fourth-order valence-electron chi connectivity index (χ4n) is 2.94. The number of sulfonamides is 2. The van der Waals surface area contributed by atoms with Gasteiger partial charge in [0.1, 0.15) is 5.75 Å². The number of nitro groups is 1. The zero-order valence-electron chi connectivity index (χ0n) is 15.5. The van der Waals surface area contributed by atoms with Crippen molar-refractivity contribution in [3.63, 3.8) is 0 Å². The summed E-state index contributed by atoms with van der Waals surface area (Å²) in [6.45, 7) is -0.0371. The first-order chi connectivity index (χ1) is 13.7. The average Bonchev–Trinajstić information content (AvgIpc) is 2.74. The van der Waals surface area contributed by atoms with E-state index in [9.17, 15) is 26.9 Å². The summed E-state index contributed by atoms with van der Waals surface area (Å²) in [6.07, 6.45) is 0. The third-order valence-corrected chi connectivity index (χ3v) is 8.41. The van der Waals surface area contributed by atoms with Crippen molar-refractivity contribution in [2.45, 2.75) is 9.79 Å². The lowest BCUT2D eigenvalue weighted by atomic mass is 10.3. The molecular weight excluding hydrogens is 422 g/mol. The Morgan fingerprint density at radius 2 is 1.17 bits per heavy atom. The average molecular weight is 441 g/mol. The van der Waals surface area contributed by atoms with E-state index in [1.54, 1.807) is 12.1 Å². The van der Waals surface area contributed by atoms with E-state index in [1.807, 2.05) is 0 Å². The molecule has 0 bridgehead atoms. The number of piperazine rings is 1. The zero-order chi connectivity index (χ0) is 21.2. The van der Waals surface area contributed by atoms with Gasteiger partial charge in [0.05, 0.1) is 21.8 Å². The second-order valence-corrected chi connectivity index (χ2v) is 10.1. The molecule has 156 valence electrons. The van der Waals surface area contributed by atoms with Crippen LogP contribution in [0.15, 0.2) is 58.3 Å². The summed E-state index contributed by atoms with van der Waals surface area (Å²) in [5, 5.41) is 10.7. The number of nitrogens with zero attached hydrogens (tertiary/aromatic N) is 3. The molecule has 1 aliphatic heterocycles. The predicted octanol–water partition coefficient (Wildman–Crippen LogP) is 1.30. The normalized spacial score (nSPS) is 16.4. The minimum absolute atomic E-state index is 0.000569. The molecule has 2 aromatic rings. The molecule has 0 amide bonds. The van der Waals surface area contributed by atoms with E-state index in [4.69, 9.17) is 4.74 Å². The van der Waals surface area contributed by atoms with Gasteiger partial charge in [0, 0.05) is 38.3 Å². The summed E-state index contributed by atoms with van der Waals surface area (Å²) in [7, 11) is -6.15. The molecule has 0 N–H and O–H groups in total. The number of benzene rings is 2. The molecule has 0 saturated carbocycles. The Morgan fingerprint density at radius 1 is 0.793 bits per heavy atom. The lowest BCUT2D eigenvalue weighted by Crippen LogP contribution is -2.50. The first-order valence-electron chi connectivity index (χ1n) is 8.55. The van der Waals surface area contributed by atoms with Crippen LogP contribution in [0.2, 0.25) is 0 Å². The first-order valence-corrected chi connectivity index (χ1v) is 11.4. The number of ether oxygens (including phenoxy) is 1. The Morgan fingerprint density at radius 3 is 1.52 bits per heavy atom. The largest absolute Gasteiger partial charge is 0.497 e. The molecule has 2 aromatic carbocycles. The molecule has 0 radical (unpaired) electrons. The lowest BCUT2D eigenvalue weighted by Gasteiger charge is -2.33. The van der Waals surface area contributed by atoms with Crippen molar-refractivity contribution in [3.05, 3.63) is 58.6 Å². The number of hydrogen-bond donors (Lipinski definition) is 0. The maximum atomic E-state index is 12.8. The molecule has 0 aromatic heterocycles. The predicted molar refractivity (Wildman–Crippen MR) is 104 cm³/mol. The molecule has 3 rings (SSSR count). The second-order valence-electron chi connectivity index (χ2n) is 6.23. The standard InChI is InChI=1S/C17H19N3O7S2/c1-27-15-4-8-17(9-5-15)29(25,26)19-12-10-18(11-13-19)28(23,24)16-6-2-14(3-7-16)20(21)22/h2-9H,10-13H2,1H3. The Hall–Kier alpha value is -2.54. The molecule has 0 aliphatic carbocycles. The van der Waals surface area contributed by atoms with Gasteiger partial charge in [-0.25, -0.2) is 16.8 Å². The van der Waals surface area contributed by atoms with Gasteiger partial charge in [-0.3, -0.25) is 10.1 Å². The van der Waals surface area contributed by atoms with Crippen molar-refractivity contribution in [3.8, 4) is 5.75 Å². The Kier molecular flexibility index (Phi) is 5.89. The van der Waals surface area contributed by atoms with Crippen molar-refractivity contribution in [1.82, 2.24) is 8.61 Å². The van der Waals surface area contributed by atoms with Gasteiger partial charge in [0.15, 0.2) is 0 Å². The van der Waals surface area contributed by atoms with Gasteiger partial charge in [-0.1, -0.05) is 0 Å². The third-order valence-electron chi connectivity index (χ3n) is 4.58. The minimum atomic E-state index is -3.87. The van der Waals surface area contributed by atoms with Gasteiger partial charge in [-0.05, 0) is 36.4 Å². The van der Waals surface area contributed by atoms with Crippen LogP contribution in [0, 0.1) is 10.1 Å².